The zero-order chi connectivity index (χ0) is 10.3. The van der Waals surface area contributed by atoms with E-state index in [0.29, 0.717) is 5.56 Å². The third kappa shape index (κ3) is 1.29. The molecule has 3 heteroatoms. The Morgan fingerprint density at radius 2 is 2.07 bits per heavy atom. The van der Waals surface area contributed by atoms with E-state index in [1.807, 2.05) is 13.8 Å². The number of carbonyl (C=O) groups is 1. The summed E-state index contributed by atoms with van der Waals surface area (Å²) in [7, 11) is 0. The van der Waals surface area contributed by atoms with Crippen LogP contribution in [0.25, 0.3) is 0 Å². The topological polar surface area (TPSA) is 26.3 Å². The Hall–Kier alpha value is -1.38. The van der Waals surface area contributed by atoms with Crippen molar-refractivity contribution < 1.29 is 13.9 Å². The number of esters is 1. The van der Waals surface area contributed by atoms with Crippen LogP contribution in [-0.4, -0.2) is 12.1 Å². The van der Waals surface area contributed by atoms with Crippen LogP contribution in [0.15, 0.2) is 18.2 Å². The smallest absolute Gasteiger partial charge is 0.338 e. The summed E-state index contributed by atoms with van der Waals surface area (Å²) in [6, 6.07) is 4.18. The van der Waals surface area contributed by atoms with Crippen LogP contribution < -0.4 is 0 Å². The molecule has 0 amide bonds. The van der Waals surface area contributed by atoms with Crippen LogP contribution in [0.5, 0.6) is 0 Å². The minimum absolute atomic E-state index is 0.0541. The van der Waals surface area contributed by atoms with Crippen LogP contribution in [-0.2, 0) is 4.74 Å². The van der Waals surface area contributed by atoms with Gasteiger partial charge in [-0.25, -0.2) is 9.18 Å². The van der Waals surface area contributed by atoms with E-state index in [0.717, 1.165) is 5.56 Å². The first kappa shape index (κ1) is 9.19. The highest BCUT2D eigenvalue weighted by molar-refractivity contribution is 5.92. The van der Waals surface area contributed by atoms with E-state index in [2.05, 4.69) is 0 Å². The maximum Gasteiger partial charge on any atom is 0.338 e. The Morgan fingerprint density at radius 1 is 1.36 bits per heavy atom. The van der Waals surface area contributed by atoms with Gasteiger partial charge in [-0.1, -0.05) is 6.92 Å². The molecule has 0 saturated carbocycles. The van der Waals surface area contributed by atoms with Crippen molar-refractivity contribution in [1.29, 1.82) is 0 Å². The van der Waals surface area contributed by atoms with Gasteiger partial charge in [0.1, 0.15) is 11.9 Å². The van der Waals surface area contributed by atoms with E-state index in [1.165, 1.54) is 18.2 Å². The number of halogens is 1. The van der Waals surface area contributed by atoms with Gasteiger partial charge in [0.2, 0.25) is 0 Å². The van der Waals surface area contributed by atoms with Crippen molar-refractivity contribution >= 4 is 5.97 Å². The molecule has 2 atom stereocenters. The molecular weight excluding hydrogens is 183 g/mol. The summed E-state index contributed by atoms with van der Waals surface area (Å²) < 4.78 is 18.1. The molecule has 2 rings (SSSR count). The van der Waals surface area contributed by atoms with E-state index in [1.54, 1.807) is 0 Å². The lowest BCUT2D eigenvalue weighted by molar-refractivity contribution is 0.0240. The second-order valence-corrected chi connectivity index (χ2v) is 3.63. The van der Waals surface area contributed by atoms with Crippen molar-refractivity contribution in [2.45, 2.75) is 25.9 Å². The maximum atomic E-state index is 13.0. The molecule has 0 radical (unpaired) electrons. The van der Waals surface area contributed by atoms with Crippen molar-refractivity contribution in [2.24, 2.45) is 0 Å². The Morgan fingerprint density at radius 3 is 2.79 bits per heavy atom. The molecule has 0 unspecified atom stereocenters. The average Bonchev–Trinajstić information content (AvgIpc) is 2.14. The van der Waals surface area contributed by atoms with Gasteiger partial charge in [-0.3, -0.25) is 0 Å². The normalized spacial score (nSPS) is 25.5. The third-order valence-corrected chi connectivity index (χ3v) is 2.72. The van der Waals surface area contributed by atoms with Crippen LogP contribution in [0.4, 0.5) is 4.39 Å². The second-order valence-electron chi connectivity index (χ2n) is 3.63. The van der Waals surface area contributed by atoms with Crippen molar-refractivity contribution in [1.82, 2.24) is 0 Å². The number of carbonyl (C=O) groups excluding carboxylic acids is 1. The van der Waals surface area contributed by atoms with Crippen molar-refractivity contribution in [2.75, 3.05) is 0 Å². The summed E-state index contributed by atoms with van der Waals surface area (Å²) >= 11 is 0. The highest BCUT2D eigenvalue weighted by Gasteiger charge is 2.29. The largest absolute Gasteiger partial charge is 0.458 e. The van der Waals surface area contributed by atoms with Crippen molar-refractivity contribution in [3.8, 4) is 0 Å². The molecule has 0 saturated heterocycles. The highest BCUT2D eigenvalue weighted by Crippen LogP contribution is 2.31. The Kier molecular flexibility index (Phi) is 2.02. The number of fused-ring (bicyclic) bond motifs is 1. The number of cyclic esters (lactones) is 1. The van der Waals surface area contributed by atoms with Crippen molar-refractivity contribution in [3.05, 3.63) is 35.1 Å². The molecule has 2 nitrogen and oxygen atoms in total. The van der Waals surface area contributed by atoms with E-state index in [4.69, 9.17) is 4.74 Å². The van der Waals surface area contributed by atoms with Gasteiger partial charge in [0.25, 0.3) is 0 Å². The standard InChI is InChI=1S/C11H11FO2/c1-6-7(2)14-11(13)9-4-3-8(12)5-10(6)9/h3-7H,1-2H3/t6-,7+/m1/s1. The van der Waals surface area contributed by atoms with Gasteiger partial charge in [0.15, 0.2) is 0 Å². The van der Waals surface area contributed by atoms with Crippen molar-refractivity contribution in [3.63, 3.8) is 0 Å². The molecule has 1 aliphatic rings. The lowest BCUT2D eigenvalue weighted by Crippen LogP contribution is -2.28. The average molecular weight is 194 g/mol. The van der Waals surface area contributed by atoms with Gasteiger partial charge in [0.05, 0.1) is 5.56 Å². The van der Waals surface area contributed by atoms with Crippen LogP contribution in [0.1, 0.15) is 35.7 Å². The van der Waals surface area contributed by atoms with Gasteiger partial charge >= 0.3 is 5.97 Å². The number of rotatable bonds is 0. The van der Waals surface area contributed by atoms with E-state index < -0.39 is 0 Å². The quantitative estimate of drug-likeness (QED) is 0.593. The fourth-order valence-electron chi connectivity index (χ4n) is 1.68. The van der Waals surface area contributed by atoms with Crippen LogP contribution >= 0.6 is 0 Å². The Balaban J connectivity index is 2.56. The van der Waals surface area contributed by atoms with E-state index in [-0.39, 0.29) is 23.8 Å². The van der Waals surface area contributed by atoms with Crippen LogP contribution in [0.2, 0.25) is 0 Å². The molecular formula is C11H11FO2. The monoisotopic (exact) mass is 194 g/mol. The lowest BCUT2D eigenvalue weighted by atomic mass is 9.89. The molecule has 0 spiro atoms. The van der Waals surface area contributed by atoms with Gasteiger partial charge in [-0.2, -0.15) is 0 Å². The number of hydrogen-bond acceptors (Lipinski definition) is 2. The molecule has 14 heavy (non-hydrogen) atoms. The summed E-state index contributed by atoms with van der Waals surface area (Å²) in [5.41, 5.74) is 1.23. The molecule has 0 aliphatic carbocycles. The number of hydrogen-bond donors (Lipinski definition) is 0. The zero-order valence-electron chi connectivity index (χ0n) is 8.08. The molecule has 74 valence electrons. The molecule has 1 aliphatic heterocycles. The number of benzene rings is 1. The summed E-state index contributed by atoms with van der Waals surface area (Å²) in [4.78, 5) is 11.4. The zero-order valence-corrected chi connectivity index (χ0v) is 8.08. The van der Waals surface area contributed by atoms with Crippen LogP contribution in [0, 0.1) is 5.82 Å². The summed E-state index contributed by atoms with van der Waals surface area (Å²) in [6.45, 7) is 3.74. The first-order valence-corrected chi connectivity index (χ1v) is 4.60. The Labute approximate surface area is 81.7 Å². The highest BCUT2D eigenvalue weighted by atomic mass is 19.1. The van der Waals surface area contributed by atoms with Gasteiger partial charge in [-0.15, -0.1) is 0 Å². The predicted octanol–water partition coefficient (Wildman–Crippen LogP) is 2.49. The summed E-state index contributed by atoms with van der Waals surface area (Å²) in [5.74, 6) is -0.610. The van der Waals surface area contributed by atoms with E-state index >= 15 is 0 Å². The molecule has 1 aromatic carbocycles. The molecule has 0 bridgehead atoms. The molecule has 1 aromatic rings. The fourth-order valence-corrected chi connectivity index (χ4v) is 1.68. The first-order chi connectivity index (χ1) is 6.59. The molecule has 0 aromatic heterocycles. The molecule has 0 N–H and O–H groups in total. The Bertz CT molecular complexity index is 387. The van der Waals surface area contributed by atoms with Gasteiger partial charge in [0, 0.05) is 5.92 Å². The lowest BCUT2D eigenvalue weighted by Gasteiger charge is -2.27. The van der Waals surface area contributed by atoms with Gasteiger partial charge in [-0.05, 0) is 30.7 Å². The third-order valence-electron chi connectivity index (χ3n) is 2.72. The second kappa shape index (κ2) is 3.08. The number of ether oxygens (including phenoxy) is 1. The summed E-state index contributed by atoms with van der Waals surface area (Å²) in [5, 5.41) is 0. The molecule has 1 heterocycles. The maximum absolute atomic E-state index is 13.0. The van der Waals surface area contributed by atoms with E-state index in [9.17, 15) is 9.18 Å². The van der Waals surface area contributed by atoms with Gasteiger partial charge < -0.3 is 4.74 Å². The minimum atomic E-state index is -0.356. The summed E-state index contributed by atoms with van der Waals surface area (Å²) in [6.07, 6.45) is -0.184. The fraction of sp³-hybridized carbons (Fsp3) is 0.364. The first-order valence-electron chi connectivity index (χ1n) is 4.60. The predicted molar refractivity (Wildman–Crippen MR) is 49.7 cm³/mol. The van der Waals surface area contributed by atoms with Crippen LogP contribution in [0.3, 0.4) is 0 Å². The SMILES string of the molecule is C[C@@H]1OC(=O)c2ccc(F)cc2[C@@H]1C. The molecule has 0 fully saturated rings. The minimum Gasteiger partial charge on any atom is -0.458 e.